The number of sulfone groups is 1. The molecule has 0 spiro atoms. The minimum atomic E-state index is -3.58. The maximum Gasteiger partial charge on any atom is 0.182 e. The van der Waals surface area contributed by atoms with E-state index < -0.39 is 15.7 Å². The first kappa shape index (κ1) is 15.7. The number of hydrogen-bond donors (Lipinski definition) is 1. The number of benzene rings is 2. The quantitative estimate of drug-likeness (QED) is 0.945. The highest BCUT2D eigenvalue weighted by Crippen LogP contribution is 2.21. The minimum absolute atomic E-state index is 0.149. The van der Waals surface area contributed by atoms with E-state index >= 15 is 0 Å². The van der Waals surface area contributed by atoms with Gasteiger partial charge in [0.05, 0.1) is 10.6 Å². The number of rotatable bonds is 4. The molecule has 0 atom stereocenters. The Morgan fingerprint density at radius 3 is 2.38 bits per heavy atom. The summed E-state index contributed by atoms with van der Waals surface area (Å²) in [5, 5.41) is 0. The van der Waals surface area contributed by atoms with Crippen molar-refractivity contribution in [3.05, 3.63) is 64.5 Å². The van der Waals surface area contributed by atoms with Gasteiger partial charge in [-0.15, -0.1) is 0 Å². The van der Waals surface area contributed by atoms with Crippen LogP contribution in [-0.4, -0.2) is 8.42 Å². The zero-order valence-corrected chi connectivity index (χ0v) is 12.9. The Morgan fingerprint density at radius 2 is 1.76 bits per heavy atom. The van der Waals surface area contributed by atoms with Gasteiger partial charge in [0.2, 0.25) is 0 Å². The predicted octanol–water partition coefficient (Wildman–Crippen LogP) is 2.88. The normalized spacial score (nSPS) is 11.6. The van der Waals surface area contributed by atoms with E-state index in [0.717, 1.165) is 11.1 Å². The van der Waals surface area contributed by atoms with Crippen molar-refractivity contribution in [1.29, 1.82) is 0 Å². The highest BCUT2D eigenvalue weighted by Gasteiger charge is 2.18. The van der Waals surface area contributed by atoms with Crippen molar-refractivity contribution in [2.24, 2.45) is 5.73 Å². The van der Waals surface area contributed by atoms with Crippen molar-refractivity contribution in [3.8, 4) is 0 Å². The molecular formula is C16H18FNO2S. The first-order valence-electron chi connectivity index (χ1n) is 6.61. The molecule has 0 aliphatic rings. The first-order valence-corrected chi connectivity index (χ1v) is 8.26. The highest BCUT2D eigenvalue weighted by molar-refractivity contribution is 7.90. The lowest BCUT2D eigenvalue weighted by molar-refractivity contribution is 0.586. The summed E-state index contributed by atoms with van der Waals surface area (Å²) in [6, 6.07) is 9.26. The summed E-state index contributed by atoms with van der Waals surface area (Å²) >= 11 is 0. The molecule has 3 nitrogen and oxygen atoms in total. The number of halogens is 1. The Kier molecular flexibility index (Phi) is 4.44. The zero-order valence-electron chi connectivity index (χ0n) is 12.1. The second kappa shape index (κ2) is 5.95. The van der Waals surface area contributed by atoms with Crippen LogP contribution >= 0.6 is 0 Å². The van der Waals surface area contributed by atoms with E-state index in [4.69, 9.17) is 5.73 Å². The maximum absolute atomic E-state index is 13.8. The second-order valence-corrected chi connectivity index (χ2v) is 7.12. The van der Waals surface area contributed by atoms with Gasteiger partial charge in [-0.3, -0.25) is 0 Å². The molecule has 5 heteroatoms. The zero-order chi connectivity index (χ0) is 15.6. The predicted molar refractivity (Wildman–Crippen MR) is 81.1 cm³/mol. The summed E-state index contributed by atoms with van der Waals surface area (Å²) in [5.41, 5.74) is 8.28. The Balaban J connectivity index is 2.39. The topological polar surface area (TPSA) is 60.2 Å². The standard InChI is InChI=1S/C16H18FNO2S/c1-11-3-5-15(7-12(11)2)21(19,20)10-14-8-13(9-18)4-6-16(14)17/h3-8H,9-10,18H2,1-2H3. The molecule has 2 aromatic carbocycles. The summed E-state index contributed by atoms with van der Waals surface area (Å²) in [7, 11) is -3.58. The maximum atomic E-state index is 13.8. The molecule has 112 valence electrons. The molecule has 0 unspecified atom stereocenters. The Hall–Kier alpha value is -1.72. The molecule has 21 heavy (non-hydrogen) atoms. The molecule has 2 N–H and O–H groups in total. The van der Waals surface area contributed by atoms with Crippen LogP contribution in [0.15, 0.2) is 41.3 Å². The smallest absolute Gasteiger partial charge is 0.182 e. The molecule has 0 aliphatic heterocycles. The number of aryl methyl sites for hydroxylation is 2. The molecule has 2 rings (SSSR count). The van der Waals surface area contributed by atoms with Gasteiger partial charge in [-0.25, -0.2) is 12.8 Å². The van der Waals surface area contributed by atoms with E-state index in [-0.39, 0.29) is 22.8 Å². The average Bonchev–Trinajstić information content (AvgIpc) is 2.44. The van der Waals surface area contributed by atoms with Gasteiger partial charge in [0.25, 0.3) is 0 Å². The van der Waals surface area contributed by atoms with Gasteiger partial charge in [0, 0.05) is 12.1 Å². The van der Waals surface area contributed by atoms with Crippen molar-refractivity contribution in [2.45, 2.75) is 31.0 Å². The van der Waals surface area contributed by atoms with Crippen LogP contribution in [0.2, 0.25) is 0 Å². The summed E-state index contributed by atoms with van der Waals surface area (Å²) in [6.07, 6.45) is 0. The molecule has 0 heterocycles. The van der Waals surface area contributed by atoms with Crippen LogP contribution < -0.4 is 5.73 Å². The number of nitrogens with two attached hydrogens (primary N) is 1. The van der Waals surface area contributed by atoms with Crippen molar-refractivity contribution in [1.82, 2.24) is 0 Å². The summed E-state index contributed by atoms with van der Waals surface area (Å²) < 4.78 is 38.6. The fourth-order valence-corrected chi connectivity index (χ4v) is 3.49. The molecule has 0 saturated carbocycles. The Labute approximate surface area is 124 Å². The van der Waals surface area contributed by atoms with E-state index in [1.165, 1.54) is 12.1 Å². The van der Waals surface area contributed by atoms with Gasteiger partial charge in [0.1, 0.15) is 5.82 Å². The summed E-state index contributed by atoms with van der Waals surface area (Å²) in [4.78, 5) is 0.211. The van der Waals surface area contributed by atoms with Crippen LogP contribution in [0, 0.1) is 19.7 Å². The van der Waals surface area contributed by atoms with E-state index in [9.17, 15) is 12.8 Å². The van der Waals surface area contributed by atoms with Crippen LogP contribution in [0.5, 0.6) is 0 Å². The van der Waals surface area contributed by atoms with Crippen LogP contribution in [0.1, 0.15) is 22.3 Å². The first-order chi connectivity index (χ1) is 9.83. The van der Waals surface area contributed by atoms with Crippen LogP contribution in [0.3, 0.4) is 0 Å². The lowest BCUT2D eigenvalue weighted by Gasteiger charge is -2.09. The van der Waals surface area contributed by atoms with Crippen LogP contribution in [0.4, 0.5) is 4.39 Å². The van der Waals surface area contributed by atoms with Crippen molar-refractivity contribution < 1.29 is 12.8 Å². The fraction of sp³-hybridized carbons (Fsp3) is 0.250. The summed E-state index contributed by atoms with van der Waals surface area (Å²) in [6.45, 7) is 4.01. The van der Waals surface area contributed by atoms with Gasteiger partial charge < -0.3 is 5.73 Å². The van der Waals surface area contributed by atoms with Gasteiger partial charge in [-0.2, -0.15) is 0 Å². The SMILES string of the molecule is Cc1ccc(S(=O)(=O)Cc2cc(CN)ccc2F)cc1C. The second-order valence-electron chi connectivity index (χ2n) is 5.14. The molecule has 2 aromatic rings. The third-order valence-electron chi connectivity index (χ3n) is 3.53. The van der Waals surface area contributed by atoms with Gasteiger partial charge in [-0.1, -0.05) is 18.2 Å². The van der Waals surface area contributed by atoms with Gasteiger partial charge in [-0.05, 0) is 48.7 Å². The third kappa shape index (κ3) is 3.49. The lowest BCUT2D eigenvalue weighted by atomic mass is 10.1. The molecule has 0 aromatic heterocycles. The van der Waals surface area contributed by atoms with Crippen molar-refractivity contribution in [2.75, 3.05) is 0 Å². The Morgan fingerprint density at radius 1 is 1.05 bits per heavy atom. The molecule has 0 bridgehead atoms. The molecule has 0 fully saturated rings. The van der Waals surface area contributed by atoms with Crippen molar-refractivity contribution >= 4 is 9.84 Å². The molecule has 0 radical (unpaired) electrons. The monoisotopic (exact) mass is 307 g/mol. The molecular weight excluding hydrogens is 289 g/mol. The fourth-order valence-electron chi connectivity index (χ4n) is 2.06. The van der Waals surface area contributed by atoms with E-state index in [0.29, 0.717) is 5.56 Å². The number of hydrogen-bond acceptors (Lipinski definition) is 3. The van der Waals surface area contributed by atoms with Crippen molar-refractivity contribution in [3.63, 3.8) is 0 Å². The Bertz CT molecular complexity index is 770. The molecule has 0 amide bonds. The van der Waals surface area contributed by atoms with Crippen LogP contribution in [0.25, 0.3) is 0 Å². The minimum Gasteiger partial charge on any atom is -0.326 e. The summed E-state index contributed by atoms with van der Waals surface area (Å²) in [5.74, 6) is -0.894. The highest BCUT2D eigenvalue weighted by atomic mass is 32.2. The van der Waals surface area contributed by atoms with Crippen LogP contribution in [-0.2, 0) is 22.1 Å². The molecule has 0 saturated heterocycles. The average molecular weight is 307 g/mol. The van der Waals surface area contributed by atoms with E-state index in [1.54, 1.807) is 24.3 Å². The van der Waals surface area contributed by atoms with E-state index in [2.05, 4.69) is 0 Å². The van der Waals surface area contributed by atoms with Gasteiger partial charge >= 0.3 is 0 Å². The molecule has 0 aliphatic carbocycles. The van der Waals surface area contributed by atoms with E-state index in [1.807, 2.05) is 13.8 Å². The van der Waals surface area contributed by atoms with Gasteiger partial charge in [0.15, 0.2) is 9.84 Å². The third-order valence-corrected chi connectivity index (χ3v) is 5.19. The largest absolute Gasteiger partial charge is 0.326 e. The lowest BCUT2D eigenvalue weighted by Crippen LogP contribution is -2.08.